The van der Waals surface area contributed by atoms with Crippen molar-refractivity contribution in [2.24, 2.45) is 5.92 Å². The molecule has 2 aromatic heterocycles. The summed E-state index contributed by atoms with van der Waals surface area (Å²) in [5, 5.41) is 12.8. The Morgan fingerprint density at radius 2 is 2.03 bits per heavy atom. The number of carboxylic acid groups (broad SMARTS) is 1. The van der Waals surface area contributed by atoms with Gasteiger partial charge in [-0.25, -0.2) is 14.8 Å². The number of rotatable bonds is 5. The Kier molecular flexibility index (Phi) is 5.75. The summed E-state index contributed by atoms with van der Waals surface area (Å²) in [7, 11) is 2.01. The van der Waals surface area contributed by atoms with E-state index in [9.17, 15) is 9.59 Å². The van der Waals surface area contributed by atoms with Crippen molar-refractivity contribution in [1.29, 1.82) is 0 Å². The highest BCUT2D eigenvalue weighted by Gasteiger charge is 2.32. The molecular weight excluding hydrogens is 396 g/mol. The van der Waals surface area contributed by atoms with Gasteiger partial charge in [-0.1, -0.05) is 19.1 Å². The third kappa shape index (κ3) is 4.45. The number of aliphatic carboxylic acids is 1. The van der Waals surface area contributed by atoms with E-state index in [0.717, 1.165) is 23.3 Å². The molecule has 1 aromatic carbocycles. The molecule has 0 radical (unpaired) electrons. The Hall–Kier alpha value is -3.62. The molecule has 3 N–H and O–H groups in total. The predicted molar refractivity (Wildman–Crippen MR) is 118 cm³/mol. The fraction of sp³-hybridized carbons (Fsp3) is 0.364. The molecule has 9 heteroatoms. The van der Waals surface area contributed by atoms with Gasteiger partial charge in [0.2, 0.25) is 0 Å². The van der Waals surface area contributed by atoms with E-state index in [2.05, 4.69) is 32.1 Å². The predicted octanol–water partition coefficient (Wildman–Crippen LogP) is 2.96. The van der Waals surface area contributed by atoms with Gasteiger partial charge in [-0.15, -0.1) is 0 Å². The van der Waals surface area contributed by atoms with E-state index in [-0.39, 0.29) is 18.5 Å². The quantitative estimate of drug-likeness (QED) is 0.582. The average Bonchev–Trinajstić information content (AvgIpc) is 3.23. The lowest BCUT2D eigenvalue weighted by Crippen LogP contribution is -2.53. The van der Waals surface area contributed by atoms with Crippen LogP contribution in [0.2, 0.25) is 0 Å². The van der Waals surface area contributed by atoms with Crippen LogP contribution < -0.4 is 10.2 Å². The zero-order valence-electron chi connectivity index (χ0n) is 17.6. The molecule has 1 saturated heterocycles. The third-order valence-electron chi connectivity index (χ3n) is 5.93. The van der Waals surface area contributed by atoms with Crippen LogP contribution in [-0.2, 0) is 11.2 Å². The van der Waals surface area contributed by atoms with Crippen LogP contribution in [0.5, 0.6) is 0 Å². The number of nitrogens with zero attached hydrogens (tertiary/aromatic N) is 4. The van der Waals surface area contributed by atoms with Gasteiger partial charge in [0.05, 0.1) is 17.8 Å². The number of fused-ring (bicyclic) bond motifs is 1. The highest BCUT2D eigenvalue weighted by molar-refractivity contribution is 5.90. The molecule has 2 atom stereocenters. The second kappa shape index (κ2) is 8.63. The number of anilines is 2. The Morgan fingerprint density at radius 1 is 1.26 bits per heavy atom. The summed E-state index contributed by atoms with van der Waals surface area (Å²) in [5.74, 6) is 0.364. The van der Waals surface area contributed by atoms with Crippen molar-refractivity contribution in [3.63, 3.8) is 0 Å². The molecule has 0 spiro atoms. The van der Waals surface area contributed by atoms with Crippen LogP contribution in [0.15, 0.2) is 42.9 Å². The van der Waals surface area contributed by atoms with Crippen molar-refractivity contribution in [2.75, 3.05) is 30.4 Å². The number of aromatic amines is 1. The van der Waals surface area contributed by atoms with E-state index >= 15 is 0 Å². The van der Waals surface area contributed by atoms with Crippen LogP contribution in [-0.4, -0.2) is 63.1 Å². The number of H-pyrrole nitrogens is 1. The molecule has 162 valence electrons. The first-order valence-corrected chi connectivity index (χ1v) is 10.3. The normalized spacial score (nSPS) is 18.7. The van der Waals surface area contributed by atoms with E-state index in [1.807, 2.05) is 24.2 Å². The lowest BCUT2D eigenvalue weighted by atomic mass is 9.92. The second-order valence-corrected chi connectivity index (χ2v) is 8.03. The molecule has 1 aliphatic rings. The molecule has 0 bridgehead atoms. The fourth-order valence-corrected chi connectivity index (χ4v) is 4.12. The van der Waals surface area contributed by atoms with E-state index in [1.165, 1.54) is 0 Å². The first kappa shape index (κ1) is 20.6. The molecule has 9 nitrogen and oxygen atoms in total. The minimum absolute atomic E-state index is 0.0380. The average molecular weight is 422 g/mol. The SMILES string of the molecule is CC1CCN(C(=O)Nc2ccc(CC(=O)O)cc2)CC1N(C)c1ncnc2[nH]ccc12. The van der Waals surface area contributed by atoms with Crippen LogP contribution in [0, 0.1) is 5.92 Å². The number of hydrogen-bond donors (Lipinski definition) is 3. The molecule has 2 unspecified atom stereocenters. The van der Waals surface area contributed by atoms with Gasteiger partial charge >= 0.3 is 12.0 Å². The lowest BCUT2D eigenvalue weighted by molar-refractivity contribution is -0.136. The van der Waals surface area contributed by atoms with Gasteiger partial charge < -0.3 is 25.2 Å². The first-order valence-electron chi connectivity index (χ1n) is 10.3. The van der Waals surface area contributed by atoms with Gasteiger partial charge in [-0.3, -0.25) is 4.79 Å². The van der Waals surface area contributed by atoms with Crippen LogP contribution in [0.1, 0.15) is 18.9 Å². The van der Waals surface area contributed by atoms with Crippen molar-refractivity contribution in [3.8, 4) is 0 Å². The zero-order valence-corrected chi connectivity index (χ0v) is 17.6. The molecule has 1 fully saturated rings. The summed E-state index contributed by atoms with van der Waals surface area (Å²) in [6.45, 7) is 3.46. The number of carboxylic acids is 1. The Labute approximate surface area is 180 Å². The van der Waals surface area contributed by atoms with Crippen molar-refractivity contribution in [1.82, 2.24) is 19.9 Å². The van der Waals surface area contributed by atoms with Crippen molar-refractivity contribution >= 4 is 34.5 Å². The summed E-state index contributed by atoms with van der Waals surface area (Å²) < 4.78 is 0. The van der Waals surface area contributed by atoms with Gasteiger partial charge in [-0.05, 0) is 36.1 Å². The zero-order chi connectivity index (χ0) is 22.0. The minimum Gasteiger partial charge on any atom is -0.481 e. The molecule has 31 heavy (non-hydrogen) atoms. The number of carbonyl (C=O) groups is 2. The molecule has 1 aliphatic heterocycles. The van der Waals surface area contributed by atoms with E-state index < -0.39 is 5.97 Å². The molecule has 2 amide bonds. The smallest absolute Gasteiger partial charge is 0.321 e. The van der Waals surface area contributed by atoms with Crippen molar-refractivity contribution < 1.29 is 14.7 Å². The van der Waals surface area contributed by atoms with Gasteiger partial charge in [-0.2, -0.15) is 0 Å². The Bertz CT molecular complexity index is 1080. The number of hydrogen-bond acceptors (Lipinski definition) is 5. The van der Waals surface area contributed by atoms with E-state index in [4.69, 9.17) is 5.11 Å². The maximum atomic E-state index is 12.9. The minimum atomic E-state index is -0.880. The van der Waals surface area contributed by atoms with Gasteiger partial charge in [0.1, 0.15) is 17.8 Å². The van der Waals surface area contributed by atoms with Crippen molar-refractivity contribution in [3.05, 3.63) is 48.4 Å². The number of nitrogens with one attached hydrogen (secondary N) is 2. The maximum Gasteiger partial charge on any atom is 0.321 e. The highest BCUT2D eigenvalue weighted by atomic mass is 16.4. The topological polar surface area (TPSA) is 114 Å². The number of piperidine rings is 1. The highest BCUT2D eigenvalue weighted by Crippen LogP contribution is 2.28. The standard InChI is InChI=1S/C22H26N6O3/c1-14-8-10-28(22(31)26-16-5-3-15(4-6-16)11-19(29)30)12-18(14)27(2)21-17-7-9-23-20(17)24-13-25-21/h3-7,9,13-14,18H,8,10-12H2,1-2H3,(H,26,31)(H,29,30)(H,23,24,25). The van der Waals surface area contributed by atoms with Crippen LogP contribution >= 0.6 is 0 Å². The maximum absolute atomic E-state index is 12.9. The Balaban J connectivity index is 1.45. The number of likely N-dealkylation sites (N-methyl/N-ethyl adjacent to an activating group) is 1. The second-order valence-electron chi connectivity index (χ2n) is 8.03. The number of likely N-dealkylation sites (tertiary alicyclic amines) is 1. The van der Waals surface area contributed by atoms with Gasteiger partial charge in [0.25, 0.3) is 0 Å². The number of aromatic nitrogens is 3. The van der Waals surface area contributed by atoms with E-state index in [0.29, 0.717) is 30.3 Å². The molecule has 3 aromatic rings. The fourth-order valence-electron chi connectivity index (χ4n) is 4.12. The summed E-state index contributed by atoms with van der Waals surface area (Å²) in [5.41, 5.74) is 2.13. The monoisotopic (exact) mass is 422 g/mol. The number of urea groups is 1. The van der Waals surface area contributed by atoms with Crippen LogP contribution in [0.25, 0.3) is 11.0 Å². The van der Waals surface area contributed by atoms with Crippen LogP contribution in [0.3, 0.4) is 0 Å². The summed E-state index contributed by atoms with van der Waals surface area (Å²) in [6.07, 6.45) is 4.25. The largest absolute Gasteiger partial charge is 0.481 e. The van der Waals surface area contributed by atoms with Gasteiger partial charge in [0, 0.05) is 32.0 Å². The molecule has 4 rings (SSSR count). The van der Waals surface area contributed by atoms with Gasteiger partial charge in [0.15, 0.2) is 0 Å². The summed E-state index contributed by atoms with van der Waals surface area (Å²) in [6, 6.07) is 8.82. The molecule has 0 saturated carbocycles. The molecule has 3 heterocycles. The van der Waals surface area contributed by atoms with Crippen LogP contribution in [0.4, 0.5) is 16.3 Å². The number of carbonyl (C=O) groups excluding carboxylic acids is 1. The number of amides is 2. The first-order chi connectivity index (χ1) is 14.9. The summed E-state index contributed by atoms with van der Waals surface area (Å²) in [4.78, 5) is 39.5. The molecule has 0 aliphatic carbocycles. The van der Waals surface area contributed by atoms with E-state index in [1.54, 1.807) is 30.6 Å². The lowest BCUT2D eigenvalue weighted by Gasteiger charge is -2.42. The van der Waals surface area contributed by atoms with Crippen molar-refractivity contribution in [2.45, 2.75) is 25.8 Å². The molecular formula is C22H26N6O3. The third-order valence-corrected chi connectivity index (χ3v) is 5.93. The number of benzene rings is 1. The summed E-state index contributed by atoms with van der Waals surface area (Å²) >= 11 is 0. The Morgan fingerprint density at radius 3 is 2.77 bits per heavy atom.